The van der Waals surface area contributed by atoms with Gasteiger partial charge in [-0.25, -0.2) is 0 Å². The maximum Gasteiger partial charge on any atom is 0.254 e. The summed E-state index contributed by atoms with van der Waals surface area (Å²) in [5.74, 6) is -1.53. The van der Waals surface area contributed by atoms with E-state index in [-0.39, 0.29) is 12.6 Å². The molecule has 0 aliphatic rings. The zero-order valence-corrected chi connectivity index (χ0v) is 20.9. The Kier molecular flexibility index (Phi) is 9.25. The molecule has 5 N–H and O–H groups in total. The first-order valence-electron chi connectivity index (χ1n) is 11.4. The molecule has 2 amide bonds. The topological polar surface area (TPSA) is 114 Å². The van der Waals surface area contributed by atoms with Gasteiger partial charge in [0.25, 0.3) is 11.8 Å². The third kappa shape index (κ3) is 6.82. The molecule has 2 aromatic carbocycles. The van der Waals surface area contributed by atoms with Gasteiger partial charge >= 0.3 is 0 Å². The van der Waals surface area contributed by atoms with E-state index < -0.39 is 24.0 Å². The maximum atomic E-state index is 12.6. The van der Waals surface area contributed by atoms with Crippen LogP contribution in [0.1, 0.15) is 28.3 Å². The number of nitrogens with one attached hydrogen (secondary N) is 3. The third-order valence-corrected chi connectivity index (χ3v) is 6.92. The molecule has 0 fully saturated rings. The van der Waals surface area contributed by atoms with Gasteiger partial charge in [-0.1, -0.05) is 42.5 Å². The van der Waals surface area contributed by atoms with Crippen molar-refractivity contribution >= 4 is 34.5 Å². The van der Waals surface area contributed by atoms with Gasteiger partial charge in [0.15, 0.2) is 12.2 Å². The number of aliphatic hydroxyl groups is 2. The first-order valence-corrected chi connectivity index (χ1v) is 12.2. The first kappa shape index (κ1) is 26.2. The summed E-state index contributed by atoms with van der Waals surface area (Å²) in [7, 11) is 3.40. The molecule has 0 saturated heterocycles. The van der Waals surface area contributed by atoms with Crippen LogP contribution in [0.4, 0.5) is 11.4 Å². The van der Waals surface area contributed by atoms with Gasteiger partial charge in [0.05, 0.1) is 24.0 Å². The molecule has 9 heteroatoms. The molecule has 0 spiro atoms. The smallest absolute Gasteiger partial charge is 0.254 e. The Morgan fingerprint density at radius 2 is 1.49 bits per heavy atom. The maximum absolute atomic E-state index is 12.6. The van der Waals surface area contributed by atoms with Crippen LogP contribution in [-0.4, -0.2) is 53.2 Å². The van der Waals surface area contributed by atoms with E-state index in [1.807, 2.05) is 80.7 Å². The zero-order chi connectivity index (χ0) is 25.4. The van der Waals surface area contributed by atoms with E-state index in [1.54, 1.807) is 0 Å². The molecule has 35 heavy (non-hydrogen) atoms. The van der Waals surface area contributed by atoms with Gasteiger partial charge in [0.1, 0.15) is 0 Å². The Morgan fingerprint density at radius 1 is 0.886 bits per heavy atom. The first-order chi connectivity index (χ1) is 16.8. The third-order valence-electron chi connectivity index (χ3n) is 5.83. The van der Waals surface area contributed by atoms with Crippen molar-refractivity contribution in [1.29, 1.82) is 0 Å². The molecule has 186 valence electrons. The molecule has 0 unspecified atom stereocenters. The Balaban J connectivity index is 1.50. The Morgan fingerprint density at radius 3 is 2.14 bits per heavy atom. The van der Waals surface area contributed by atoms with E-state index in [1.165, 1.54) is 23.3 Å². The summed E-state index contributed by atoms with van der Waals surface area (Å²) in [6.07, 6.45) is -3.73. The molecule has 0 saturated carbocycles. The highest BCUT2D eigenvalue weighted by atomic mass is 32.1. The quantitative estimate of drug-likeness (QED) is 0.279. The SMILES string of the molecule is CNc1ccccc1NCc1ccc(CNC(=O)[C@H](O)[C@@H](O)C(=O)N(C)[C@H](C)c2ccccc2)s1. The van der Waals surface area contributed by atoms with Gasteiger partial charge < -0.3 is 31.1 Å². The second-order valence-corrected chi connectivity index (χ2v) is 9.41. The number of aliphatic hydroxyl groups excluding tert-OH is 2. The summed E-state index contributed by atoms with van der Waals surface area (Å²) in [4.78, 5) is 28.3. The van der Waals surface area contributed by atoms with Gasteiger partial charge in [-0.2, -0.15) is 0 Å². The Hall–Kier alpha value is -3.40. The van der Waals surface area contributed by atoms with Crippen LogP contribution in [0.2, 0.25) is 0 Å². The summed E-state index contributed by atoms with van der Waals surface area (Å²) >= 11 is 1.52. The summed E-state index contributed by atoms with van der Waals surface area (Å²) in [6, 6.07) is 20.8. The molecule has 0 bridgehead atoms. The van der Waals surface area contributed by atoms with Crippen molar-refractivity contribution in [2.24, 2.45) is 0 Å². The highest BCUT2D eigenvalue weighted by Crippen LogP contribution is 2.23. The number of hydrogen-bond donors (Lipinski definition) is 5. The number of carbonyl (C=O) groups excluding carboxylic acids is 2. The van der Waals surface area contributed by atoms with E-state index in [2.05, 4.69) is 16.0 Å². The predicted molar refractivity (Wildman–Crippen MR) is 139 cm³/mol. The molecular weight excluding hydrogens is 464 g/mol. The molecule has 0 radical (unpaired) electrons. The van der Waals surface area contributed by atoms with Crippen LogP contribution in [0.5, 0.6) is 0 Å². The van der Waals surface area contributed by atoms with Crippen LogP contribution in [0, 0.1) is 0 Å². The lowest BCUT2D eigenvalue weighted by Gasteiger charge is -2.28. The zero-order valence-electron chi connectivity index (χ0n) is 20.1. The average molecular weight is 497 g/mol. The summed E-state index contributed by atoms with van der Waals surface area (Å²) in [5, 5.41) is 29.7. The second kappa shape index (κ2) is 12.3. The van der Waals surface area contributed by atoms with Gasteiger partial charge in [0.2, 0.25) is 0 Å². The van der Waals surface area contributed by atoms with Crippen LogP contribution >= 0.6 is 11.3 Å². The molecule has 0 aliphatic heterocycles. The van der Waals surface area contributed by atoms with Gasteiger partial charge in [-0.05, 0) is 36.8 Å². The number of hydrogen-bond acceptors (Lipinski definition) is 7. The fourth-order valence-corrected chi connectivity index (χ4v) is 4.46. The molecular formula is C26H32N4O4S. The second-order valence-electron chi connectivity index (χ2n) is 8.16. The van der Waals surface area contributed by atoms with E-state index in [0.717, 1.165) is 26.7 Å². The number of para-hydroxylation sites is 2. The highest BCUT2D eigenvalue weighted by Gasteiger charge is 2.33. The number of nitrogens with zero attached hydrogens (tertiary/aromatic N) is 1. The van der Waals surface area contributed by atoms with Crippen LogP contribution in [0.25, 0.3) is 0 Å². The molecule has 3 aromatic rings. The lowest BCUT2D eigenvalue weighted by atomic mass is 10.1. The van der Waals surface area contributed by atoms with Gasteiger partial charge in [-0.15, -0.1) is 11.3 Å². The Labute approximate surface area is 209 Å². The Bertz CT molecular complexity index is 1120. The monoisotopic (exact) mass is 496 g/mol. The molecule has 1 aromatic heterocycles. The number of benzene rings is 2. The largest absolute Gasteiger partial charge is 0.386 e. The summed E-state index contributed by atoms with van der Waals surface area (Å²) in [6.45, 7) is 2.62. The van der Waals surface area contributed by atoms with Crippen molar-refractivity contribution in [3.05, 3.63) is 82.0 Å². The van der Waals surface area contributed by atoms with Crippen molar-refractivity contribution in [2.75, 3.05) is 24.7 Å². The van der Waals surface area contributed by atoms with Crippen LogP contribution in [0.15, 0.2) is 66.7 Å². The number of likely N-dealkylation sites (N-methyl/N-ethyl adjacent to an activating group) is 1. The lowest BCUT2D eigenvalue weighted by molar-refractivity contribution is -0.153. The van der Waals surface area contributed by atoms with Crippen LogP contribution in [-0.2, 0) is 22.7 Å². The number of amides is 2. The predicted octanol–water partition coefficient (Wildman–Crippen LogP) is 2.96. The van der Waals surface area contributed by atoms with Crippen molar-refractivity contribution in [3.63, 3.8) is 0 Å². The van der Waals surface area contributed by atoms with E-state index in [9.17, 15) is 19.8 Å². The van der Waals surface area contributed by atoms with E-state index >= 15 is 0 Å². The van der Waals surface area contributed by atoms with E-state index in [0.29, 0.717) is 6.54 Å². The average Bonchev–Trinajstić information content (AvgIpc) is 3.36. The number of thiophene rings is 1. The molecule has 0 aliphatic carbocycles. The molecule has 1 heterocycles. The van der Waals surface area contributed by atoms with Crippen molar-refractivity contribution < 1.29 is 19.8 Å². The standard InChI is InChI=1S/C26H32N4O4S/c1-17(18-9-5-4-6-10-18)30(3)26(34)24(32)23(31)25(33)29-16-20-14-13-19(35-20)15-28-22-12-8-7-11-21(22)27-2/h4-14,17,23-24,27-28,31-32H,15-16H2,1-3H3,(H,29,33)/t17-,23-,24-/m1/s1. The molecule has 8 nitrogen and oxygen atoms in total. The highest BCUT2D eigenvalue weighted by molar-refractivity contribution is 7.12. The van der Waals surface area contributed by atoms with Gasteiger partial charge in [-0.3, -0.25) is 9.59 Å². The van der Waals surface area contributed by atoms with Crippen molar-refractivity contribution in [1.82, 2.24) is 10.2 Å². The van der Waals surface area contributed by atoms with Crippen molar-refractivity contribution in [2.45, 2.75) is 38.3 Å². The summed E-state index contributed by atoms with van der Waals surface area (Å²) in [5.41, 5.74) is 2.88. The number of rotatable bonds is 11. The minimum atomic E-state index is -1.87. The minimum absolute atomic E-state index is 0.185. The van der Waals surface area contributed by atoms with Gasteiger partial charge in [0, 0.05) is 30.4 Å². The molecule has 3 atom stereocenters. The summed E-state index contributed by atoms with van der Waals surface area (Å²) < 4.78 is 0. The normalized spacial score (nSPS) is 13.4. The fourth-order valence-electron chi connectivity index (χ4n) is 3.56. The lowest BCUT2D eigenvalue weighted by Crippen LogP contribution is -2.50. The van der Waals surface area contributed by atoms with Crippen LogP contribution < -0.4 is 16.0 Å². The van der Waals surface area contributed by atoms with Crippen LogP contribution in [0.3, 0.4) is 0 Å². The van der Waals surface area contributed by atoms with E-state index in [4.69, 9.17) is 0 Å². The molecule has 3 rings (SSSR count). The van der Waals surface area contributed by atoms with Crippen molar-refractivity contribution in [3.8, 4) is 0 Å². The number of carbonyl (C=O) groups is 2. The fraction of sp³-hybridized carbons (Fsp3) is 0.308. The number of anilines is 2. The minimum Gasteiger partial charge on any atom is -0.386 e.